The van der Waals surface area contributed by atoms with Gasteiger partial charge in [-0.2, -0.15) is 0 Å². The fourth-order valence-corrected chi connectivity index (χ4v) is 3.08. The molecule has 17 heavy (non-hydrogen) atoms. The maximum atomic E-state index is 12.0. The van der Waals surface area contributed by atoms with Gasteiger partial charge in [-0.25, -0.2) is 4.79 Å². The van der Waals surface area contributed by atoms with Crippen LogP contribution in [0, 0.1) is 0 Å². The highest BCUT2D eigenvalue weighted by molar-refractivity contribution is 5.68. The summed E-state index contributed by atoms with van der Waals surface area (Å²) in [7, 11) is 0. The van der Waals surface area contributed by atoms with E-state index >= 15 is 0 Å². The first-order valence-corrected chi connectivity index (χ1v) is 6.69. The molecule has 4 fully saturated rings. The highest BCUT2D eigenvalue weighted by Crippen LogP contribution is 2.42. The zero-order valence-electron chi connectivity index (χ0n) is 11.0. The van der Waals surface area contributed by atoms with Crippen molar-refractivity contribution in [2.75, 3.05) is 13.1 Å². The Morgan fingerprint density at radius 1 is 1.12 bits per heavy atom. The summed E-state index contributed by atoms with van der Waals surface area (Å²) in [5.74, 6) is 0. The van der Waals surface area contributed by atoms with E-state index in [0.717, 1.165) is 19.1 Å². The van der Waals surface area contributed by atoms with Crippen LogP contribution in [0.5, 0.6) is 0 Å². The molecular weight excluding hydrogens is 216 g/mol. The molecule has 4 aliphatic rings. The Bertz CT molecular complexity index is 321. The van der Waals surface area contributed by atoms with Gasteiger partial charge in [0.15, 0.2) is 0 Å². The van der Waals surface area contributed by atoms with Gasteiger partial charge in [0.05, 0.1) is 0 Å². The molecule has 4 rings (SSSR count). The fraction of sp³-hybridized carbons (Fsp3) is 0.923. The molecule has 3 aliphatic heterocycles. The van der Waals surface area contributed by atoms with Crippen molar-refractivity contribution < 1.29 is 9.53 Å². The van der Waals surface area contributed by atoms with Gasteiger partial charge in [-0.1, -0.05) is 0 Å². The summed E-state index contributed by atoms with van der Waals surface area (Å²) in [6.45, 7) is 7.49. The number of ether oxygens (including phenoxy) is 1. The standard InChI is InChI=1S/C13H22N2O2/c1-13(2,3)17-12(16)14-7-10-6-11(8-14)15(10)9-4-5-9/h9-11H,4-8H2,1-3H3. The maximum absolute atomic E-state index is 12.0. The normalized spacial score (nSPS) is 33.2. The Hall–Kier alpha value is -0.770. The Morgan fingerprint density at radius 3 is 2.18 bits per heavy atom. The van der Waals surface area contributed by atoms with Crippen LogP contribution in [-0.2, 0) is 4.74 Å². The Morgan fingerprint density at radius 2 is 1.71 bits per heavy atom. The molecule has 2 unspecified atom stereocenters. The van der Waals surface area contributed by atoms with Crippen LogP contribution in [0.25, 0.3) is 0 Å². The van der Waals surface area contributed by atoms with Crippen LogP contribution in [0.15, 0.2) is 0 Å². The quantitative estimate of drug-likeness (QED) is 0.699. The molecule has 4 heteroatoms. The molecule has 4 nitrogen and oxygen atoms in total. The number of piperazine rings is 1. The summed E-state index contributed by atoms with van der Waals surface area (Å²) in [6.07, 6.45) is 3.86. The van der Waals surface area contributed by atoms with Gasteiger partial charge in [0.25, 0.3) is 0 Å². The summed E-state index contributed by atoms with van der Waals surface area (Å²) in [5.41, 5.74) is -0.380. The molecule has 96 valence electrons. The molecule has 3 saturated heterocycles. The lowest BCUT2D eigenvalue weighted by Crippen LogP contribution is -2.70. The number of hydrogen-bond acceptors (Lipinski definition) is 3. The van der Waals surface area contributed by atoms with E-state index < -0.39 is 0 Å². The highest BCUT2D eigenvalue weighted by atomic mass is 16.6. The predicted octanol–water partition coefficient (Wildman–Crippen LogP) is 1.84. The first kappa shape index (κ1) is 11.3. The number of carbonyl (C=O) groups is 1. The molecule has 0 spiro atoms. The van der Waals surface area contributed by atoms with Crippen molar-refractivity contribution in [3.05, 3.63) is 0 Å². The molecule has 0 N–H and O–H groups in total. The average molecular weight is 238 g/mol. The first-order valence-electron chi connectivity index (χ1n) is 6.69. The summed E-state index contributed by atoms with van der Waals surface area (Å²) in [6, 6.07) is 2.04. The van der Waals surface area contributed by atoms with E-state index in [1.54, 1.807) is 0 Å². The zero-order chi connectivity index (χ0) is 12.2. The molecule has 0 aromatic carbocycles. The molecular formula is C13H22N2O2. The molecule has 0 radical (unpaired) electrons. The van der Waals surface area contributed by atoms with Crippen molar-refractivity contribution in [3.63, 3.8) is 0 Å². The third kappa shape index (κ3) is 2.15. The van der Waals surface area contributed by atoms with E-state index in [-0.39, 0.29) is 11.7 Å². The van der Waals surface area contributed by atoms with Gasteiger partial charge in [-0.3, -0.25) is 4.90 Å². The second-order valence-corrected chi connectivity index (χ2v) is 6.61. The van der Waals surface area contributed by atoms with Crippen LogP contribution in [0.2, 0.25) is 0 Å². The summed E-state index contributed by atoms with van der Waals surface area (Å²) >= 11 is 0. The number of rotatable bonds is 1. The first-order chi connectivity index (χ1) is 7.94. The van der Waals surface area contributed by atoms with Crippen LogP contribution in [0.3, 0.4) is 0 Å². The van der Waals surface area contributed by atoms with Crippen LogP contribution in [0.4, 0.5) is 4.79 Å². The maximum Gasteiger partial charge on any atom is 0.410 e. The molecule has 1 amide bonds. The highest BCUT2D eigenvalue weighted by Gasteiger charge is 2.51. The van der Waals surface area contributed by atoms with E-state index in [1.165, 1.54) is 19.3 Å². The largest absolute Gasteiger partial charge is 0.444 e. The lowest BCUT2D eigenvalue weighted by Gasteiger charge is -2.56. The molecule has 1 aliphatic carbocycles. The van der Waals surface area contributed by atoms with E-state index in [4.69, 9.17) is 4.74 Å². The topological polar surface area (TPSA) is 32.8 Å². The Kier molecular flexibility index (Phi) is 2.41. The van der Waals surface area contributed by atoms with Crippen LogP contribution >= 0.6 is 0 Å². The summed E-state index contributed by atoms with van der Waals surface area (Å²) in [4.78, 5) is 16.5. The second kappa shape index (κ2) is 3.61. The van der Waals surface area contributed by atoms with Gasteiger partial charge >= 0.3 is 6.09 Å². The molecule has 2 atom stereocenters. The van der Waals surface area contributed by atoms with E-state index in [0.29, 0.717) is 12.1 Å². The average Bonchev–Trinajstić information content (AvgIpc) is 2.99. The van der Waals surface area contributed by atoms with Crippen molar-refractivity contribution >= 4 is 6.09 Å². The van der Waals surface area contributed by atoms with Gasteiger partial charge < -0.3 is 9.64 Å². The lowest BCUT2D eigenvalue weighted by molar-refractivity contribution is -0.0781. The second-order valence-electron chi connectivity index (χ2n) is 6.61. The smallest absolute Gasteiger partial charge is 0.410 e. The summed E-state index contributed by atoms with van der Waals surface area (Å²) in [5, 5.41) is 0. The number of piperidine rings is 1. The monoisotopic (exact) mass is 238 g/mol. The van der Waals surface area contributed by atoms with Crippen molar-refractivity contribution in [2.45, 2.75) is 63.8 Å². The van der Waals surface area contributed by atoms with Gasteiger partial charge in [0.2, 0.25) is 0 Å². The van der Waals surface area contributed by atoms with Gasteiger partial charge in [0.1, 0.15) is 5.60 Å². The number of nitrogens with zero attached hydrogens (tertiary/aromatic N) is 2. The molecule has 3 heterocycles. The summed E-state index contributed by atoms with van der Waals surface area (Å²) < 4.78 is 5.43. The predicted molar refractivity (Wildman–Crippen MR) is 64.9 cm³/mol. The van der Waals surface area contributed by atoms with Crippen molar-refractivity contribution in [1.82, 2.24) is 9.80 Å². The molecule has 0 aromatic heterocycles. The van der Waals surface area contributed by atoms with Crippen LogP contribution in [-0.4, -0.2) is 52.7 Å². The van der Waals surface area contributed by atoms with Crippen molar-refractivity contribution in [1.29, 1.82) is 0 Å². The number of amides is 1. The number of fused-ring (bicyclic) bond motifs is 2. The number of hydrogen-bond donors (Lipinski definition) is 0. The fourth-order valence-electron chi connectivity index (χ4n) is 3.08. The SMILES string of the molecule is CC(C)(C)OC(=O)N1CC2CC(C1)N2C1CC1. The third-order valence-electron chi connectivity index (χ3n) is 3.87. The van der Waals surface area contributed by atoms with Crippen molar-refractivity contribution in [3.8, 4) is 0 Å². The zero-order valence-corrected chi connectivity index (χ0v) is 11.0. The third-order valence-corrected chi connectivity index (χ3v) is 3.87. The molecule has 0 aromatic rings. The van der Waals surface area contributed by atoms with E-state index in [2.05, 4.69) is 4.90 Å². The molecule has 2 bridgehead atoms. The molecule has 1 saturated carbocycles. The van der Waals surface area contributed by atoms with Gasteiger partial charge in [0, 0.05) is 31.2 Å². The van der Waals surface area contributed by atoms with Gasteiger partial charge in [-0.15, -0.1) is 0 Å². The minimum absolute atomic E-state index is 0.136. The van der Waals surface area contributed by atoms with E-state index in [9.17, 15) is 4.79 Å². The van der Waals surface area contributed by atoms with Crippen molar-refractivity contribution in [2.24, 2.45) is 0 Å². The number of carbonyl (C=O) groups excluding carboxylic acids is 1. The minimum atomic E-state index is -0.380. The van der Waals surface area contributed by atoms with Crippen LogP contribution in [0.1, 0.15) is 40.0 Å². The Labute approximate surface area is 103 Å². The lowest BCUT2D eigenvalue weighted by atomic mass is 9.87. The van der Waals surface area contributed by atoms with E-state index in [1.807, 2.05) is 25.7 Å². The van der Waals surface area contributed by atoms with Crippen LogP contribution < -0.4 is 0 Å². The minimum Gasteiger partial charge on any atom is -0.444 e. The Balaban J connectivity index is 1.56. The van der Waals surface area contributed by atoms with Gasteiger partial charge in [-0.05, 0) is 40.0 Å².